The van der Waals surface area contributed by atoms with E-state index in [2.05, 4.69) is 17.2 Å². The highest BCUT2D eigenvalue weighted by molar-refractivity contribution is 5.89. The molecule has 0 unspecified atom stereocenters. The first-order chi connectivity index (χ1) is 9.28. The number of rotatable bonds is 4. The van der Waals surface area contributed by atoms with Crippen LogP contribution in [0.25, 0.3) is 0 Å². The number of carbonyl (C=O) groups excluding carboxylic acids is 1. The van der Waals surface area contributed by atoms with Crippen LogP contribution in [0, 0.1) is 17.8 Å². The summed E-state index contributed by atoms with van der Waals surface area (Å²) in [5.74, 6) is 5.61. The van der Waals surface area contributed by atoms with Crippen LogP contribution in [0.5, 0.6) is 0 Å². The molecule has 0 spiro atoms. The monoisotopic (exact) mass is 257 g/mol. The van der Waals surface area contributed by atoms with Crippen molar-refractivity contribution in [3.8, 4) is 11.8 Å². The van der Waals surface area contributed by atoms with Crippen LogP contribution in [0.1, 0.15) is 31.7 Å². The summed E-state index contributed by atoms with van der Waals surface area (Å²) in [5, 5.41) is 3.42. The quantitative estimate of drug-likeness (QED) is 0.666. The highest BCUT2D eigenvalue weighted by Gasteiger charge is 2.16. The zero-order chi connectivity index (χ0) is 13.5. The standard InChI is InChI=1S/C16H19NO2/c1-2-19-16(18)11-8-13-6-9-15(10-7-13)17-12-14-4-3-5-14/h6-7,9-10,14,17H,2-5,12H2,1H3. The van der Waals surface area contributed by atoms with Gasteiger partial charge in [-0.25, -0.2) is 4.79 Å². The maximum Gasteiger partial charge on any atom is 0.384 e. The summed E-state index contributed by atoms with van der Waals surface area (Å²) >= 11 is 0. The Morgan fingerprint density at radius 3 is 2.68 bits per heavy atom. The maximum atomic E-state index is 11.1. The first kappa shape index (κ1) is 13.5. The zero-order valence-electron chi connectivity index (χ0n) is 11.2. The fourth-order valence-corrected chi connectivity index (χ4v) is 1.92. The number of benzene rings is 1. The van der Waals surface area contributed by atoms with Gasteiger partial charge in [0.05, 0.1) is 6.61 Å². The van der Waals surface area contributed by atoms with E-state index in [0.29, 0.717) is 6.61 Å². The number of carbonyl (C=O) groups is 1. The molecule has 1 aromatic rings. The van der Waals surface area contributed by atoms with Crippen molar-refractivity contribution in [2.75, 3.05) is 18.5 Å². The Hall–Kier alpha value is -1.95. The Labute approximate surface area is 114 Å². The summed E-state index contributed by atoms with van der Waals surface area (Å²) in [7, 11) is 0. The van der Waals surface area contributed by atoms with Crippen LogP contribution in [0.2, 0.25) is 0 Å². The van der Waals surface area contributed by atoms with Crippen molar-refractivity contribution >= 4 is 11.7 Å². The molecule has 1 aliphatic rings. The summed E-state index contributed by atoms with van der Waals surface area (Å²) in [6.45, 7) is 3.17. The normalized spacial score (nSPS) is 13.9. The van der Waals surface area contributed by atoms with Crippen molar-refractivity contribution in [1.29, 1.82) is 0 Å². The number of hydrogen-bond acceptors (Lipinski definition) is 3. The van der Waals surface area contributed by atoms with Crippen molar-refractivity contribution < 1.29 is 9.53 Å². The molecule has 0 saturated heterocycles. The molecule has 19 heavy (non-hydrogen) atoms. The summed E-state index contributed by atoms with van der Waals surface area (Å²) in [5.41, 5.74) is 1.93. The molecular formula is C16H19NO2. The number of ether oxygens (including phenoxy) is 1. The minimum atomic E-state index is -0.477. The molecule has 1 saturated carbocycles. The van der Waals surface area contributed by atoms with Gasteiger partial charge in [0.15, 0.2) is 0 Å². The molecule has 100 valence electrons. The SMILES string of the molecule is CCOC(=O)C#Cc1ccc(NCC2CCC2)cc1. The van der Waals surface area contributed by atoms with Gasteiger partial charge in [-0.1, -0.05) is 12.3 Å². The fourth-order valence-electron chi connectivity index (χ4n) is 1.92. The lowest BCUT2D eigenvalue weighted by Crippen LogP contribution is -2.20. The lowest BCUT2D eigenvalue weighted by atomic mass is 9.85. The number of nitrogens with one attached hydrogen (secondary N) is 1. The second kappa shape index (κ2) is 6.84. The molecule has 3 heteroatoms. The lowest BCUT2D eigenvalue weighted by molar-refractivity contribution is -0.136. The Morgan fingerprint density at radius 2 is 2.11 bits per heavy atom. The van der Waals surface area contributed by atoms with E-state index in [1.165, 1.54) is 19.3 Å². The van der Waals surface area contributed by atoms with E-state index in [4.69, 9.17) is 4.74 Å². The van der Waals surface area contributed by atoms with Crippen molar-refractivity contribution in [1.82, 2.24) is 0 Å². The lowest BCUT2D eigenvalue weighted by Gasteiger charge is -2.25. The fraction of sp³-hybridized carbons (Fsp3) is 0.438. The number of hydrogen-bond donors (Lipinski definition) is 1. The average molecular weight is 257 g/mol. The molecule has 0 atom stereocenters. The summed E-state index contributed by atoms with van der Waals surface area (Å²) in [6, 6.07) is 7.81. The summed E-state index contributed by atoms with van der Waals surface area (Å²) in [6.07, 6.45) is 4.06. The minimum absolute atomic E-state index is 0.359. The van der Waals surface area contributed by atoms with Crippen molar-refractivity contribution in [2.24, 2.45) is 5.92 Å². The molecule has 1 aliphatic carbocycles. The van der Waals surface area contributed by atoms with Gasteiger partial charge in [-0.15, -0.1) is 0 Å². The average Bonchev–Trinajstić information content (AvgIpc) is 2.36. The molecule has 0 amide bonds. The smallest absolute Gasteiger partial charge is 0.384 e. The first-order valence-corrected chi connectivity index (χ1v) is 6.80. The van der Waals surface area contributed by atoms with Crippen LogP contribution < -0.4 is 5.32 Å². The zero-order valence-corrected chi connectivity index (χ0v) is 11.2. The largest absolute Gasteiger partial charge is 0.456 e. The van der Waals surface area contributed by atoms with Crippen LogP contribution in [0.15, 0.2) is 24.3 Å². The van der Waals surface area contributed by atoms with Gasteiger partial charge in [-0.3, -0.25) is 0 Å². The van der Waals surface area contributed by atoms with E-state index in [-0.39, 0.29) is 0 Å². The van der Waals surface area contributed by atoms with Crippen LogP contribution in [-0.2, 0) is 9.53 Å². The molecular weight excluding hydrogens is 238 g/mol. The molecule has 2 rings (SSSR count). The maximum absolute atomic E-state index is 11.1. The van der Waals surface area contributed by atoms with E-state index in [0.717, 1.165) is 23.7 Å². The van der Waals surface area contributed by atoms with Crippen LogP contribution in [0.4, 0.5) is 5.69 Å². The molecule has 1 aromatic carbocycles. The van der Waals surface area contributed by atoms with Crippen LogP contribution in [-0.4, -0.2) is 19.1 Å². The second-order valence-corrected chi connectivity index (χ2v) is 4.73. The van der Waals surface area contributed by atoms with Crippen LogP contribution >= 0.6 is 0 Å². The third-order valence-electron chi connectivity index (χ3n) is 3.29. The molecule has 0 aromatic heterocycles. The van der Waals surface area contributed by atoms with Crippen molar-refractivity contribution in [3.05, 3.63) is 29.8 Å². The van der Waals surface area contributed by atoms with Gasteiger partial charge in [0.2, 0.25) is 0 Å². The molecule has 1 N–H and O–H groups in total. The van der Waals surface area contributed by atoms with E-state index in [1.54, 1.807) is 6.92 Å². The van der Waals surface area contributed by atoms with E-state index >= 15 is 0 Å². The molecule has 3 nitrogen and oxygen atoms in total. The van der Waals surface area contributed by atoms with Gasteiger partial charge in [-0.2, -0.15) is 0 Å². The Morgan fingerprint density at radius 1 is 1.37 bits per heavy atom. The van der Waals surface area contributed by atoms with Gasteiger partial charge < -0.3 is 10.1 Å². The first-order valence-electron chi connectivity index (χ1n) is 6.80. The van der Waals surface area contributed by atoms with Gasteiger partial charge in [0, 0.05) is 23.7 Å². The van der Waals surface area contributed by atoms with E-state index in [1.807, 2.05) is 24.3 Å². The number of esters is 1. The van der Waals surface area contributed by atoms with Crippen molar-refractivity contribution in [2.45, 2.75) is 26.2 Å². The predicted octanol–water partition coefficient (Wildman–Crippen LogP) is 2.81. The van der Waals surface area contributed by atoms with Gasteiger partial charge in [0.25, 0.3) is 0 Å². The summed E-state index contributed by atoms with van der Waals surface area (Å²) in [4.78, 5) is 11.1. The molecule has 1 fully saturated rings. The minimum Gasteiger partial charge on any atom is -0.456 e. The third-order valence-corrected chi connectivity index (χ3v) is 3.29. The van der Waals surface area contributed by atoms with E-state index in [9.17, 15) is 4.79 Å². The van der Waals surface area contributed by atoms with Crippen molar-refractivity contribution in [3.63, 3.8) is 0 Å². The van der Waals surface area contributed by atoms with Gasteiger partial charge >= 0.3 is 5.97 Å². The highest BCUT2D eigenvalue weighted by Crippen LogP contribution is 2.26. The Bertz CT molecular complexity index is 478. The number of anilines is 1. The predicted molar refractivity (Wildman–Crippen MR) is 75.8 cm³/mol. The third kappa shape index (κ3) is 4.33. The van der Waals surface area contributed by atoms with Gasteiger partial charge in [0.1, 0.15) is 0 Å². The Balaban J connectivity index is 1.84. The molecule has 0 radical (unpaired) electrons. The van der Waals surface area contributed by atoms with E-state index < -0.39 is 5.97 Å². The molecule has 0 heterocycles. The topological polar surface area (TPSA) is 38.3 Å². The molecule has 0 aliphatic heterocycles. The highest BCUT2D eigenvalue weighted by atomic mass is 16.5. The van der Waals surface area contributed by atoms with Crippen LogP contribution in [0.3, 0.4) is 0 Å². The Kier molecular flexibility index (Phi) is 4.85. The summed E-state index contributed by atoms with van der Waals surface area (Å²) < 4.78 is 4.75. The van der Waals surface area contributed by atoms with Gasteiger partial charge in [-0.05, 0) is 49.9 Å². The molecule has 0 bridgehead atoms. The second-order valence-electron chi connectivity index (χ2n) is 4.73.